The van der Waals surface area contributed by atoms with Gasteiger partial charge in [-0.05, 0) is 24.3 Å². The zero-order chi connectivity index (χ0) is 17.3. The number of fused-ring (bicyclic) bond motifs is 1. The zero-order valence-electron chi connectivity index (χ0n) is 11.9. The third-order valence-electron chi connectivity index (χ3n) is 3.24. The number of benzene rings is 2. The summed E-state index contributed by atoms with van der Waals surface area (Å²) >= 11 is 6.96. The van der Waals surface area contributed by atoms with Gasteiger partial charge in [-0.1, -0.05) is 23.4 Å². The van der Waals surface area contributed by atoms with Crippen LogP contribution >= 0.6 is 23.4 Å². The lowest BCUT2D eigenvalue weighted by Gasteiger charge is -2.08. The zero-order valence-corrected chi connectivity index (χ0v) is 13.4. The van der Waals surface area contributed by atoms with Gasteiger partial charge in [0.25, 0.3) is 5.69 Å². The minimum atomic E-state index is -0.545. The number of rotatable bonds is 3. The third kappa shape index (κ3) is 3.02. The van der Waals surface area contributed by atoms with E-state index in [1.807, 2.05) is 6.07 Å². The van der Waals surface area contributed by atoms with Crippen LogP contribution in [0.5, 0.6) is 0 Å². The molecule has 0 aliphatic carbocycles. The predicted molar refractivity (Wildman–Crippen MR) is 88.6 cm³/mol. The summed E-state index contributed by atoms with van der Waals surface area (Å²) in [6, 6.07) is 10.5. The van der Waals surface area contributed by atoms with E-state index in [9.17, 15) is 19.8 Å². The van der Waals surface area contributed by atoms with Gasteiger partial charge in [0.1, 0.15) is 11.9 Å². The third-order valence-corrected chi connectivity index (χ3v) is 4.67. The summed E-state index contributed by atoms with van der Waals surface area (Å²) in [5, 5.41) is 20.8. The lowest BCUT2D eigenvalue weighted by atomic mass is 10.1. The fraction of sp³-hybridized carbons (Fsp3) is 0. The number of aromatic nitrogens is 1. The molecule has 118 valence electrons. The van der Waals surface area contributed by atoms with Crippen LogP contribution in [-0.2, 0) is 0 Å². The Kier molecular flexibility index (Phi) is 4.34. The number of nitrogens with zero attached hydrogens (tertiary/aromatic N) is 3. The summed E-state index contributed by atoms with van der Waals surface area (Å²) in [4.78, 5) is 15.8. The van der Waals surface area contributed by atoms with E-state index in [1.165, 1.54) is 54.4 Å². The monoisotopic (exact) mass is 359 g/mol. The molecule has 0 spiro atoms. The number of pyridine rings is 1. The highest BCUT2D eigenvalue weighted by Crippen LogP contribution is 2.37. The number of nitro groups is 1. The normalized spacial score (nSPS) is 10.5. The highest BCUT2D eigenvalue weighted by atomic mass is 35.5. The van der Waals surface area contributed by atoms with Crippen molar-refractivity contribution in [1.82, 2.24) is 4.98 Å². The fourth-order valence-electron chi connectivity index (χ4n) is 2.12. The van der Waals surface area contributed by atoms with Crippen molar-refractivity contribution in [3.05, 3.63) is 69.1 Å². The quantitative estimate of drug-likeness (QED) is 0.487. The van der Waals surface area contributed by atoms with Crippen LogP contribution in [0.4, 0.5) is 10.1 Å². The Hall–Kier alpha value is -2.69. The summed E-state index contributed by atoms with van der Waals surface area (Å²) in [7, 11) is 0. The maximum absolute atomic E-state index is 13.3. The SMILES string of the molecule is N#Cc1cnc2ccc([N+](=O)[O-])cc2c1Sc1ccc(F)c(Cl)c1. The molecule has 0 aliphatic heterocycles. The second-order valence-electron chi connectivity index (χ2n) is 4.75. The van der Waals surface area contributed by atoms with Crippen molar-refractivity contribution >= 4 is 40.0 Å². The molecule has 24 heavy (non-hydrogen) atoms. The van der Waals surface area contributed by atoms with Crippen LogP contribution in [0.15, 0.2) is 52.4 Å². The Morgan fingerprint density at radius 1 is 1.29 bits per heavy atom. The van der Waals surface area contributed by atoms with Gasteiger partial charge < -0.3 is 0 Å². The number of hydrogen-bond acceptors (Lipinski definition) is 5. The van der Waals surface area contributed by atoms with Gasteiger partial charge in [0.05, 0.1) is 21.0 Å². The molecule has 0 radical (unpaired) electrons. The summed E-state index contributed by atoms with van der Waals surface area (Å²) in [6.45, 7) is 0. The molecule has 1 heterocycles. The molecule has 8 heteroatoms. The van der Waals surface area contributed by atoms with Crippen molar-refractivity contribution in [3.8, 4) is 6.07 Å². The maximum Gasteiger partial charge on any atom is 0.270 e. The van der Waals surface area contributed by atoms with Gasteiger partial charge in [-0.2, -0.15) is 5.26 Å². The first-order chi connectivity index (χ1) is 11.5. The van der Waals surface area contributed by atoms with E-state index in [4.69, 9.17) is 11.6 Å². The van der Waals surface area contributed by atoms with Crippen molar-refractivity contribution in [2.45, 2.75) is 9.79 Å². The first-order valence-corrected chi connectivity index (χ1v) is 7.79. The Morgan fingerprint density at radius 3 is 2.75 bits per heavy atom. The van der Waals surface area contributed by atoms with Crippen molar-refractivity contribution in [3.63, 3.8) is 0 Å². The molecule has 1 aromatic heterocycles. The first-order valence-electron chi connectivity index (χ1n) is 6.60. The van der Waals surface area contributed by atoms with E-state index >= 15 is 0 Å². The Bertz CT molecular complexity index is 1020. The van der Waals surface area contributed by atoms with Crippen molar-refractivity contribution < 1.29 is 9.31 Å². The highest BCUT2D eigenvalue weighted by molar-refractivity contribution is 7.99. The second-order valence-corrected chi connectivity index (χ2v) is 6.24. The van der Waals surface area contributed by atoms with E-state index in [-0.39, 0.29) is 16.3 Å². The van der Waals surface area contributed by atoms with Gasteiger partial charge >= 0.3 is 0 Å². The molecule has 0 N–H and O–H groups in total. The van der Waals surface area contributed by atoms with Gasteiger partial charge in [0.15, 0.2) is 0 Å². The average molecular weight is 360 g/mol. The van der Waals surface area contributed by atoms with Gasteiger partial charge in [-0.3, -0.25) is 15.1 Å². The second kappa shape index (κ2) is 6.43. The van der Waals surface area contributed by atoms with Gasteiger partial charge in [0, 0.05) is 33.5 Å². The summed E-state index contributed by atoms with van der Waals surface area (Å²) < 4.78 is 13.3. The lowest BCUT2D eigenvalue weighted by Crippen LogP contribution is -1.92. The Morgan fingerprint density at radius 2 is 2.08 bits per heavy atom. The maximum atomic E-state index is 13.3. The number of hydrogen-bond donors (Lipinski definition) is 0. The molecule has 0 fully saturated rings. The highest BCUT2D eigenvalue weighted by Gasteiger charge is 2.15. The van der Waals surface area contributed by atoms with Crippen LogP contribution in [0.2, 0.25) is 5.02 Å². The number of nitro benzene ring substituents is 1. The van der Waals surface area contributed by atoms with Crippen LogP contribution in [0.3, 0.4) is 0 Å². The van der Waals surface area contributed by atoms with E-state index < -0.39 is 10.7 Å². The van der Waals surface area contributed by atoms with Crippen LogP contribution in [0.1, 0.15) is 5.56 Å². The van der Waals surface area contributed by atoms with Crippen LogP contribution in [0.25, 0.3) is 10.9 Å². The van der Waals surface area contributed by atoms with Gasteiger partial charge in [-0.15, -0.1) is 0 Å². The molecule has 0 unspecified atom stereocenters. The van der Waals surface area contributed by atoms with Crippen molar-refractivity contribution in [2.24, 2.45) is 0 Å². The van der Waals surface area contributed by atoms with E-state index in [0.29, 0.717) is 20.7 Å². The van der Waals surface area contributed by atoms with E-state index in [2.05, 4.69) is 4.98 Å². The Balaban J connectivity index is 2.19. The Labute approximate surface area is 144 Å². The molecule has 3 aromatic rings. The fourth-order valence-corrected chi connectivity index (χ4v) is 3.39. The minimum Gasteiger partial charge on any atom is -0.258 e. The molecule has 0 atom stereocenters. The van der Waals surface area contributed by atoms with Crippen molar-refractivity contribution in [1.29, 1.82) is 5.26 Å². The molecular weight excluding hydrogens is 353 g/mol. The average Bonchev–Trinajstić information content (AvgIpc) is 2.58. The van der Waals surface area contributed by atoms with Crippen LogP contribution in [0, 0.1) is 27.3 Å². The smallest absolute Gasteiger partial charge is 0.258 e. The minimum absolute atomic E-state index is 0.0390. The lowest BCUT2D eigenvalue weighted by molar-refractivity contribution is -0.384. The molecule has 5 nitrogen and oxygen atoms in total. The van der Waals surface area contributed by atoms with E-state index in [0.717, 1.165) is 0 Å². The number of non-ortho nitro benzene ring substituents is 1. The molecule has 3 rings (SSSR count). The van der Waals surface area contributed by atoms with Gasteiger partial charge in [0.2, 0.25) is 0 Å². The molecule has 0 amide bonds. The standard InChI is InChI=1S/C16H7ClFN3O2S/c17-13-6-11(2-3-14(13)18)24-16-9(7-19)8-20-15-4-1-10(21(22)23)5-12(15)16/h1-6,8H. The topological polar surface area (TPSA) is 79.8 Å². The molecule has 0 bridgehead atoms. The van der Waals surface area contributed by atoms with Crippen LogP contribution < -0.4 is 0 Å². The number of nitriles is 1. The predicted octanol–water partition coefficient (Wildman–Crippen LogP) is 4.96. The molecule has 0 saturated carbocycles. The van der Waals surface area contributed by atoms with Crippen LogP contribution in [-0.4, -0.2) is 9.91 Å². The molecule has 0 saturated heterocycles. The first kappa shape index (κ1) is 16.2. The summed E-state index contributed by atoms with van der Waals surface area (Å²) in [5.41, 5.74) is 0.696. The van der Waals surface area contributed by atoms with Crippen molar-refractivity contribution in [2.75, 3.05) is 0 Å². The largest absolute Gasteiger partial charge is 0.270 e. The van der Waals surface area contributed by atoms with Gasteiger partial charge in [-0.25, -0.2) is 4.39 Å². The van der Waals surface area contributed by atoms with E-state index in [1.54, 1.807) is 0 Å². The number of halogens is 2. The summed E-state index contributed by atoms with van der Waals surface area (Å²) in [6.07, 6.45) is 1.40. The molecular formula is C16H7ClFN3O2S. The molecule has 0 aliphatic rings. The summed E-state index contributed by atoms with van der Waals surface area (Å²) in [5.74, 6) is -0.545. The molecule has 2 aromatic carbocycles.